The minimum Gasteiger partial charge on any atom is -0.451 e. The minimum absolute atomic E-state index is 0.124. The van der Waals surface area contributed by atoms with Gasteiger partial charge in [-0.15, -0.1) is 11.3 Å². The fourth-order valence-corrected chi connectivity index (χ4v) is 3.07. The number of carbonyl (C=O) groups excluding carboxylic acids is 3. The molecule has 128 valence electrons. The zero-order valence-electron chi connectivity index (χ0n) is 12.7. The number of amides is 3. The van der Waals surface area contributed by atoms with Crippen molar-refractivity contribution in [2.45, 2.75) is 0 Å². The maximum absolute atomic E-state index is 11.9. The number of esters is 1. The smallest absolute Gasteiger partial charge is 0.358 e. The average molecular weight is 369 g/mol. The van der Waals surface area contributed by atoms with E-state index in [0.29, 0.717) is 11.6 Å². The molecule has 2 N–H and O–H groups in total. The van der Waals surface area contributed by atoms with E-state index in [0.717, 1.165) is 5.56 Å². The summed E-state index contributed by atoms with van der Waals surface area (Å²) in [4.78, 5) is 38.9. The Morgan fingerprint density at radius 3 is 2.83 bits per heavy atom. The fraction of sp³-hybridized carbons (Fsp3) is 0.286. The van der Waals surface area contributed by atoms with Crippen molar-refractivity contribution in [3.63, 3.8) is 0 Å². The number of thiophene rings is 1. The first-order valence-electron chi connectivity index (χ1n) is 6.82. The third kappa shape index (κ3) is 5.41. The maximum Gasteiger partial charge on any atom is 0.358 e. The molecule has 2 heterocycles. The van der Waals surface area contributed by atoms with Crippen LogP contribution in [0.5, 0.6) is 0 Å². The lowest BCUT2D eigenvalue weighted by Gasteiger charge is -2.06. The number of nitrogens with zero attached hydrogens (tertiary/aromatic N) is 1. The van der Waals surface area contributed by atoms with Gasteiger partial charge in [0.2, 0.25) is 0 Å². The molecule has 0 bridgehead atoms. The molecule has 0 fully saturated rings. The summed E-state index contributed by atoms with van der Waals surface area (Å²) >= 11 is 2.84. The Morgan fingerprint density at radius 2 is 2.12 bits per heavy atom. The molecule has 0 aliphatic carbocycles. The van der Waals surface area contributed by atoms with E-state index in [1.165, 1.54) is 29.8 Å². The molecule has 8 nitrogen and oxygen atoms in total. The molecule has 10 heteroatoms. The van der Waals surface area contributed by atoms with Gasteiger partial charge < -0.3 is 14.8 Å². The van der Waals surface area contributed by atoms with Crippen molar-refractivity contribution in [3.8, 4) is 10.6 Å². The van der Waals surface area contributed by atoms with Crippen LogP contribution in [-0.4, -0.2) is 49.8 Å². The Labute approximate surface area is 145 Å². The third-order valence-electron chi connectivity index (χ3n) is 2.66. The van der Waals surface area contributed by atoms with Crippen molar-refractivity contribution < 1.29 is 23.9 Å². The summed E-state index contributed by atoms with van der Waals surface area (Å²) in [5.41, 5.74) is 1.05. The number of thiazole rings is 1. The fourth-order valence-electron chi connectivity index (χ4n) is 1.56. The number of hydrogen-bond acceptors (Lipinski definition) is 8. The summed E-state index contributed by atoms with van der Waals surface area (Å²) in [6.07, 6.45) is 0. The van der Waals surface area contributed by atoms with E-state index in [1.807, 2.05) is 22.1 Å². The summed E-state index contributed by atoms with van der Waals surface area (Å²) in [5, 5.41) is 10.5. The van der Waals surface area contributed by atoms with Gasteiger partial charge in [0, 0.05) is 30.0 Å². The number of imide groups is 1. The van der Waals surface area contributed by atoms with Crippen molar-refractivity contribution in [3.05, 3.63) is 27.9 Å². The Balaban J connectivity index is 1.76. The molecule has 2 rings (SSSR count). The van der Waals surface area contributed by atoms with Gasteiger partial charge in [0.1, 0.15) is 5.01 Å². The van der Waals surface area contributed by atoms with E-state index in [-0.39, 0.29) is 12.2 Å². The topological polar surface area (TPSA) is 107 Å². The van der Waals surface area contributed by atoms with E-state index < -0.39 is 24.5 Å². The van der Waals surface area contributed by atoms with Crippen LogP contribution in [0.3, 0.4) is 0 Å². The first-order chi connectivity index (χ1) is 11.6. The number of carbonyl (C=O) groups is 3. The molecule has 2 aromatic heterocycles. The molecule has 24 heavy (non-hydrogen) atoms. The third-order valence-corrected chi connectivity index (χ3v) is 4.24. The first kappa shape index (κ1) is 18.0. The van der Waals surface area contributed by atoms with Gasteiger partial charge in [-0.05, 0) is 11.4 Å². The quantitative estimate of drug-likeness (QED) is 0.566. The lowest BCUT2D eigenvalue weighted by atomic mass is 10.3. The second kappa shape index (κ2) is 9.11. The summed E-state index contributed by atoms with van der Waals surface area (Å²) in [7, 11) is 1.49. The Morgan fingerprint density at radius 1 is 1.29 bits per heavy atom. The second-order valence-corrected chi connectivity index (χ2v) is 6.06. The number of aromatic nitrogens is 1. The maximum atomic E-state index is 11.9. The monoisotopic (exact) mass is 369 g/mol. The van der Waals surface area contributed by atoms with Crippen LogP contribution in [-0.2, 0) is 14.3 Å². The predicted molar refractivity (Wildman–Crippen MR) is 89.1 cm³/mol. The number of urea groups is 1. The number of rotatable bonds is 7. The van der Waals surface area contributed by atoms with Gasteiger partial charge >= 0.3 is 12.0 Å². The normalized spacial score (nSPS) is 10.2. The van der Waals surface area contributed by atoms with E-state index in [4.69, 9.17) is 9.47 Å². The lowest BCUT2D eigenvalue weighted by Crippen LogP contribution is -2.42. The van der Waals surface area contributed by atoms with Gasteiger partial charge in [-0.25, -0.2) is 14.6 Å². The number of methoxy groups -OCH3 is 1. The minimum atomic E-state index is -0.730. The van der Waals surface area contributed by atoms with Crippen LogP contribution in [0.2, 0.25) is 0 Å². The van der Waals surface area contributed by atoms with Gasteiger partial charge in [-0.3, -0.25) is 10.1 Å². The molecule has 0 saturated heterocycles. The number of ether oxygens (including phenoxy) is 2. The molecule has 0 spiro atoms. The van der Waals surface area contributed by atoms with Gasteiger partial charge in [0.05, 0.1) is 6.61 Å². The zero-order valence-corrected chi connectivity index (χ0v) is 14.4. The van der Waals surface area contributed by atoms with E-state index >= 15 is 0 Å². The molecule has 0 aliphatic rings. The molecule has 0 saturated carbocycles. The van der Waals surface area contributed by atoms with Crippen molar-refractivity contribution in [1.82, 2.24) is 15.6 Å². The van der Waals surface area contributed by atoms with Crippen LogP contribution in [0.25, 0.3) is 10.6 Å². The standard InChI is InChI=1S/C14H15N3O5S2/c1-21-4-3-15-14(20)17-11(18)6-22-13(19)10-8-24-12(16-10)9-2-5-23-7-9/h2,5,7-8H,3-4,6H2,1H3,(H2,15,17,18,20). The van der Waals surface area contributed by atoms with Crippen molar-refractivity contribution in [2.75, 3.05) is 26.9 Å². The van der Waals surface area contributed by atoms with Crippen LogP contribution < -0.4 is 10.6 Å². The van der Waals surface area contributed by atoms with Gasteiger partial charge in [0.25, 0.3) is 5.91 Å². The lowest BCUT2D eigenvalue weighted by molar-refractivity contribution is -0.123. The molecule has 2 aromatic rings. The highest BCUT2D eigenvalue weighted by Gasteiger charge is 2.16. The average Bonchev–Trinajstić information content (AvgIpc) is 3.23. The molecule has 3 amide bonds. The van der Waals surface area contributed by atoms with Crippen LogP contribution in [0, 0.1) is 0 Å². The second-order valence-electron chi connectivity index (χ2n) is 4.42. The Kier molecular flexibility index (Phi) is 6.85. The van der Waals surface area contributed by atoms with Gasteiger partial charge in [0.15, 0.2) is 12.3 Å². The SMILES string of the molecule is COCCNC(=O)NC(=O)COC(=O)c1csc(-c2ccsc2)n1. The van der Waals surface area contributed by atoms with E-state index in [1.54, 1.807) is 5.38 Å². The number of nitrogens with one attached hydrogen (secondary N) is 2. The molecule has 0 aromatic carbocycles. The van der Waals surface area contributed by atoms with Crippen LogP contribution in [0.15, 0.2) is 22.2 Å². The van der Waals surface area contributed by atoms with Crippen molar-refractivity contribution in [1.29, 1.82) is 0 Å². The molecule has 0 unspecified atom stereocenters. The summed E-state index contributed by atoms with van der Waals surface area (Å²) < 4.78 is 9.59. The molecular formula is C14H15N3O5S2. The van der Waals surface area contributed by atoms with Crippen molar-refractivity contribution in [2.24, 2.45) is 0 Å². The molecule has 0 aliphatic heterocycles. The summed E-state index contributed by atoms with van der Waals surface area (Å²) in [6, 6.07) is 1.22. The summed E-state index contributed by atoms with van der Waals surface area (Å²) in [5.74, 6) is -1.45. The highest BCUT2D eigenvalue weighted by Crippen LogP contribution is 2.25. The molecular weight excluding hydrogens is 354 g/mol. The van der Waals surface area contributed by atoms with Crippen LogP contribution >= 0.6 is 22.7 Å². The van der Waals surface area contributed by atoms with E-state index in [9.17, 15) is 14.4 Å². The number of hydrogen-bond donors (Lipinski definition) is 2. The zero-order chi connectivity index (χ0) is 17.4. The molecule has 0 atom stereocenters. The van der Waals surface area contributed by atoms with Crippen LogP contribution in [0.1, 0.15) is 10.5 Å². The van der Waals surface area contributed by atoms with Crippen LogP contribution in [0.4, 0.5) is 4.79 Å². The van der Waals surface area contributed by atoms with Gasteiger partial charge in [-0.1, -0.05) is 0 Å². The largest absolute Gasteiger partial charge is 0.451 e. The van der Waals surface area contributed by atoms with Crippen molar-refractivity contribution >= 4 is 40.6 Å². The molecule has 0 radical (unpaired) electrons. The highest BCUT2D eigenvalue weighted by atomic mass is 32.1. The highest BCUT2D eigenvalue weighted by molar-refractivity contribution is 7.14. The predicted octanol–water partition coefficient (Wildman–Crippen LogP) is 1.50. The summed E-state index contributed by atoms with van der Waals surface area (Å²) in [6.45, 7) is 0.0221. The Hall–Kier alpha value is -2.30. The first-order valence-corrected chi connectivity index (χ1v) is 8.64. The van der Waals surface area contributed by atoms with Gasteiger partial charge in [-0.2, -0.15) is 11.3 Å². The van der Waals surface area contributed by atoms with E-state index in [2.05, 4.69) is 10.3 Å². The Bertz CT molecular complexity index is 699.